The standard InChI is InChI=1S/C14H12BrFN2O/c15-11-4-5-12(16)13(7-11)18-8-9-2-1-3-10(6-9)14(17)19/h1-7,18H,8H2,(H2,17,19). The minimum absolute atomic E-state index is 0.325. The van der Waals surface area contributed by atoms with E-state index in [1.54, 1.807) is 30.3 Å². The van der Waals surface area contributed by atoms with E-state index in [9.17, 15) is 9.18 Å². The Morgan fingerprint density at radius 2 is 2.05 bits per heavy atom. The summed E-state index contributed by atoms with van der Waals surface area (Å²) in [6.45, 7) is 0.411. The van der Waals surface area contributed by atoms with Crippen LogP contribution in [0.2, 0.25) is 0 Å². The van der Waals surface area contributed by atoms with Crippen molar-refractivity contribution < 1.29 is 9.18 Å². The van der Waals surface area contributed by atoms with E-state index in [4.69, 9.17) is 5.73 Å². The highest BCUT2D eigenvalue weighted by atomic mass is 79.9. The third kappa shape index (κ3) is 3.54. The second-order valence-corrected chi connectivity index (χ2v) is 4.96. The molecule has 0 bridgehead atoms. The van der Waals surface area contributed by atoms with Crippen molar-refractivity contribution in [1.82, 2.24) is 0 Å². The zero-order valence-corrected chi connectivity index (χ0v) is 11.6. The van der Waals surface area contributed by atoms with Crippen LogP contribution in [0.5, 0.6) is 0 Å². The van der Waals surface area contributed by atoms with Gasteiger partial charge in [0.25, 0.3) is 0 Å². The number of carbonyl (C=O) groups is 1. The second kappa shape index (κ2) is 5.84. The van der Waals surface area contributed by atoms with Gasteiger partial charge >= 0.3 is 0 Å². The number of halogens is 2. The SMILES string of the molecule is NC(=O)c1cccc(CNc2cc(Br)ccc2F)c1. The Bertz CT molecular complexity index is 616. The third-order valence-electron chi connectivity index (χ3n) is 2.62. The summed E-state index contributed by atoms with van der Waals surface area (Å²) in [7, 11) is 0. The molecule has 3 N–H and O–H groups in total. The van der Waals surface area contributed by atoms with Crippen LogP contribution in [0.4, 0.5) is 10.1 Å². The van der Waals surface area contributed by atoms with Crippen molar-refractivity contribution in [3.05, 3.63) is 63.9 Å². The summed E-state index contributed by atoms with van der Waals surface area (Å²) in [5.41, 5.74) is 6.91. The lowest BCUT2D eigenvalue weighted by atomic mass is 10.1. The number of primary amides is 1. The van der Waals surface area contributed by atoms with Crippen molar-refractivity contribution in [2.45, 2.75) is 6.54 Å². The molecule has 1 amide bonds. The highest BCUT2D eigenvalue weighted by Crippen LogP contribution is 2.20. The molecule has 0 fully saturated rings. The van der Waals surface area contributed by atoms with Crippen LogP contribution >= 0.6 is 15.9 Å². The maximum absolute atomic E-state index is 13.5. The van der Waals surface area contributed by atoms with E-state index in [0.717, 1.165) is 10.0 Å². The number of nitrogens with one attached hydrogen (secondary N) is 1. The number of amides is 1. The van der Waals surface area contributed by atoms with Crippen LogP contribution in [0.1, 0.15) is 15.9 Å². The van der Waals surface area contributed by atoms with Crippen LogP contribution in [0.25, 0.3) is 0 Å². The van der Waals surface area contributed by atoms with Crippen LogP contribution in [0, 0.1) is 5.82 Å². The van der Waals surface area contributed by atoms with Crippen molar-refractivity contribution in [3.63, 3.8) is 0 Å². The molecule has 0 heterocycles. The molecular weight excluding hydrogens is 311 g/mol. The summed E-state index contributed by atoms with van der Waals surface area (Å²) in [6, 6.07) is 11.6. The molecule has 0 spiro atoms. The van der Waals surface area contributed by atoms with Crippen molar-refractivity contribution in [2.24, 2.45) is 5.73 Å². The molecule has 3 nitrogen and oxygen atoms in total. The van der Waals surface area contributed by atoms with Gasteiger partial charge in [0, 0.05) is 16.6 Å². The van der Waals surface area contributed by atoms with Gasteiger partial charge in [-0.15, -0.1) is 0 Å². The predicted molar refractivity (Wildman–Crippen MR) is 76.4 cm³/mol. The molecule has 0 aliphatic rings. The molecule has 2 rings (SSSR count). The average Bonchev–Trinajstić information content (AvgIpc) is 2.40. The first-order chi connectivity index (χ1) is 9.06. The van der Waals surface area contributed by atoms with Gasteiger partial charge in [-0.25, -0.2) is 4.39 Å². The topological polar surface area (TPSA) is 55.1 Å². The molecule has 0 saturated carbocycles. The smallest absolute Gasteiger partial charge is 0.248 e. The molecule has 0 radical (unpaired) electrons. The lowest BCUT2D eigenvalue weighted by molar-refractivity contribution is 0.1000. The number of hydrogen-bond donors (Lipinski definition) is 2. The number of hydrogen-bond acceptors (Lipinski definition) is 2. The van der Waals surface area contributed by atoms with Gasteiger partial charge in [-0.1, -0.05) is 28.1 Å². The average molecular weight is 323 g/mol. The third-order valence-corrected chi connectivity index (χ3v) is 3.12. The molecule has 2 aromatic rings. The Morgan fingerprint density at radius 3 is 2.79 bits per heavy atom. The number of anilines is 1. The largest absolute Gasteiger partial charge is 0.379 e. The zero-order valence-electron chi connectivity index (χ0n) is 9.99. The monoisotopic (exact) mass is 322 g/mol. The molecule has 5 heteroatoms. The van der Waals surface area contributed by atoms with Crippen molar-refractivity contribution in [2.75, 3.05) is 5.32 Å². The van der Waals surface area contributed by atoms with E-state index in [1.165, 1.54) is 6.07 Å². The first-order valence-electron chi connectivity index (χ1n) is 5.64. The normalized spacial score (nSPS) is 10.2. The van der Waals surface area contributed by atoms with Crippen molar-refractivity contribution >= 4 is 27.5 Å². The van der Waals surface area contributed by atoms with E-state index < -0.39 is 5.91 Å². The van der Waals surface area contributed by atoms with Gasteiger partial charge in [0.2, 0.25) is 5.91 Å². The lowest BCUT2D eigenvalue weighted by Gasteiger charge is -2.09. The molecule has 0 unspecified atom stereocenters. The van der Waals surface area contributed by atoms with Crippen LogP contribution in [-0.4, -0.2) is 5.91 Å². The summed E-state index contributed by atoms with van der Waals surface area (Å²) in [5.74, 6) is -0.801. The van der Waals surface area contributed by atoms with E-state index >= 15 is 0 Å². The molecule has 0 atom stereocenters. The second-order valence-electron chi connectivity index (χ2n) is 4.04. The van der Waals surface area contributed by atoms with E-state index in [2.05, 4.69) is 21.2 Å². The Kier molecular flexibility index (Phi) is 4.16. The first kappa shape index (κ1) is 13.5. The van der Waals surface area contributed by atoms with Gasteiger partial charge in [-0.3, -0.25) is 4.79 Å². The maximum atomic E-state index is 13.5. The quantitative estimate of drug-likeness (QED) is 0.907. The number of carbonyl (C=O) groups excluding carboxylic acids is 1. The van der Waals surface area contributed by atoms with Gasteiger partial charge in [-0.2, -0.15) is 0 Å². The van der Waals surface area contributed by atoms with Gasteiger partial charge in [0.05, 0.1) is 5.69 Å². The molecule has 98 valence electrons. The minimum Gasteiger partial charge on any atom is -0.379 e. The first-order valence-corrected chi connectivity index (χ1v) is 6.43. The van der Waals surface area contributed by atoms with E-state index in [-0.39, 0.29) is 5.82 Å². The Hall–Kier alpha value is -1.88. The fraction of sp³-hybridized carbons (Fsp3) is 0.0714. The lowest BCUT2D eigenvalue weighted by Crippen LogP contribution is -2.11. The van der Waals surface area contributed by atoms with Crippen LogP contribution in [0.15, 0.2) is 46.9 Å². The maximum Gasteiger partial charge on any atom is 0.248 e. The Morgan fingerprint density at radius 1 is 1.26 bits per heavy atom. The molecule has 0 aliphatic heterocycles. The fourth-order valence-electron chi connectivity index (χ4n) is 1.66. The summed E-state index contributed by atoms with van der Waals surface area (Å²) < 4.78 is 14.3. The Labute approximate surface area is 118 Å². The fourth-order valence-corrected chi connectivity index (χ4v) is 2.03. The zero-order chi connectivity index (χ0) is 13.8. The molecule has 2 aromatic carbocycles. The van der Waals surface area contributed by atoms with Crippen molar-refractivity contribution in [1.29, 1.82) is 0 Å². The van der Waals surface area contributed by atoms with Gasteiger partial charge in [-0.05, 0) is 35.9 Å². The summed E-state index contributed by atoms with van der Waals surface area (Å²) in [6.07, 6.45) is 0. The molecule has 0 aromatic heterocycles. The summed E-state index contributed by atoms with van der Waals surface area (Å²) in [5, 5.41) is 2.98. The highest BCUT2D eigenvalue weighted by molar-refractivity contribution is 9.10. The predicted octanol–water partition coefficient (Wildman–Crippen LogP) is 3.30. The van der Waals surface area contributed by atoms with Crippen LogP contribution in [0.3, 0.4) is 0 Å². The highest BCUT2D eigenvalue weighted by Gasteiger charge is 2.04. The van der Waals surface area contributed by atoms with E-state index in [1.807, 2.05) is 6.07 Å². The van der Waals surface area contributed by atoms with Gasteiger partial charge in [0.15, 0.2) is 0 Å². The number of rotatable bonds is 4. The molecule has 19 heavy (non-hydrogen) atoms. The Balaban J connectivity index is 2.12. The summed E-state index contributed by atoms with van der Waals surface area (Å²) in [4.78, 5) is 11.1. The van der Waals surface area contributed by atoms with Crippen LogP contribution in [-0.2, 0) is 6.54 Å². The van der Waals surface area contributed by atoms with E-state index in [0.29, 0.717) is 17.8 Å². The molecule has 0 aliphatic carbocycles. The molecular formula is C14H12BrFN2O. The van der Waals surface area contributed by atoms with Crippen molar-refractivity contribution in [3.8, 4) is 0 Å². The summed E-state index contributed by atoms with van der Waals surface area (Å²) >= 11 is 3.29. The van der Waals surface area contributed by atoms with Gasteiger partial charge < -0.3 is 11.1 Å². The number of benzene rings is 2. The van der Waals surface area contributed by atoms with Crippen LogP contribution < -0.4 is 11.1 Å². The van der Waals surface area contributed by atoms with Gasteiger partial charge in [0.1, 0.15) is 5.82 Å². The minimum atomic E-state index is -0.476. The molecule has 0 saturated heterocycles. The number of nitrogens with two attached hydrogens (primary N) is 1.